The van der Waals surface area contributed by atoms with E-state index in [2.05, 4.69) is 10.3 Å². The minimum Gasteiger partial charge on any atom is -0.350 e. The number of aryl methyl sites for hydroxylation is 1. The molecular weight excluding hydrogens is 306 g/mol. The number of halogens is 1. The molecule has 0 bridgehead atoms. The maximum Gasteiger partial charge on any atom is 0.261 e. The van der Waals surface area contributed by atoms with E-state index in [9.17, 15) is 14.4 Å². The Balaban J connectivity index is 0.00000176. The van der Waals surface area contributed by atoms with Gasteiger partial charge in [0.25, 0.3) is 11.5 Å². The van der Waals surface area contributed by atoms with Gasteiger partial charge in [0.1, 0.15) is 5.56 Å². The highest BCUT2D eigenvalue weighted by Crippen LogP contribution is 2.31. The molecule has 1 fully saturated rings. The molecule has 1 aromatic rings. The summed E-state index contributed by atoms with van der Waals surface area (Å²) in [5, 5.41) is 2.69. The summed E-state index contributed by atoms with van der Waals surface area (Å²) in [6.45, 7) is 0.355. The van der Waals surface area contributed by atoms with Crippen LogP contribution in [0, 0.1) is 5.92 Å². The van der Waals surface area contributed by atoms with Crippen LogP contribution in [-0.4, -0.2) is 29.3 Å². The number of nitrogens with two attached hydrogens (primary N) is 1. The SMILES string of the molecule is Cl.NC(CNC(=O)c1cc2c([nH]c1=O)CCCC2=O)C1CC1. The van der Waals surface area contributed by atoms with Gasteiger partial charge in [0.15, 0.2) is 5.78 Å². The topological polar surface area (TPSA) is 105 Å². The number of aromatic amines is 1. The van der Waals surface area contributed by atoms with Gasteiger partial charge in [0.05, 0.1) is 0 Å². The normalized spacial score (nSPS) is 18.1. The van der Waals surface area contributed by atoms with Crippen molar-refractivity contribution in [1.82, 2.24) is 10.3 Å². The average molecular weight is 326 g/mol. The number of rotatable bonds is 4. The highest BCUT2D eigenvalue weighted by Gasteiger charge is 2.29. The van der Waals surface area contributed by atoms with Crippen molar-refractivity contribution in [3.63, 3.8) is 0 Å². The number of H-pyrrole nitrogens is 1. The Morgan fingerprint density at radius 2 is 2.09 bits per heavy atom. The molecule has 3 rings (SSSR count). The molecule has 0 saturated heterocycles. The molecule has 0 radical (unpaired) electrons. The number of hydrogen-bond acceptors (Lipinski definition) is 4. The van der Waals surface area contributed by atoms with E-state index in [-0.39, 0.29) is 29.8 Å². The molecule has 6 nitrogen and oxygen atoms in total. The van der Waals surface area contributed by atoms with Crippen molar-refractivity contribution in [2.75, 3.05) is 6.54 Å². The van der Waals surface area contributed by atoms with E-state index in [0.29, 0.717) is 36.6 Å². The Morgan fingerprint density at radius 1 is 1.36 bits per heavy atom. The Morgan fingerprint density at radius 3 is 2.77 bits per heavy atom. The maximum atomic E-state index is 12.1. The van der Waals surface area contributed by atoms with Gasteiger partial charge in [-0.3, -0.25) is 14.4 Å². The molecule has 1 heterocycles. The number of aromatic nitrogens is 1. The van der Waals surface area contributed by atoms with Crippen molar-refractivity contribution >= 4 is 24.1 Å². The molecule has 1 atom stereocenters. The second-order valence-electron chi connectivity index (χ2n) is 5.89. The number of Topliss-reactive ketones (excluding diaryl/α,β-unsaturated/α-hetero) is 1. The molecule has 120 valence electrons. The Hall–Kier alpha value is -1.66. The molecule has 2 aliphatic carbocycles. The number of nitrogens with one attached hydrogen (secondary N) is 2. The summed E-state index contributed by atoms with van der Waals surface area (Å²) < 4.78 is 0. The van der Waals surface area contributed by atoms with Crippen LogP contribution in [0.5, 0.6) is 0 Å². The first-order chi connectivity index (χ1) is 10.1. The molecule has 4 N–H and O–H groups in total. The first-order valence-corrected chi connectivity index (χ1v) is 7.39. The lowest BCUT2D eigenvalue weighted by molar-refractivity contribution is 0.0948. The summed E-state index contributed by atoms with van der Waals surface area (Å²) in [5.74, 6) is -0.00143. The Bertz CT molecular complexity index is 652. The molecule has 22 heavy (non-hydrogen) atoms. The van der Waals surface area contributed by atoms with Crippen molar-refractivity contribution in [2.45, 2.75) is 38.1 Å². The largest absolute Gasteiger partial charge is 0.350 e. The lowest BCUT2D eigenvalue weighted by Crippen LogP contribution is -2.40. The van der Waals surface area contributed by atoms with Gasteiger partial charge in [0, 0.05) is 30.3 Å². The van der Waals surface area contributed by atoms with Gasteiger partial charge in [-0.05, 0) is 37.7 Å². The fourth-order valence-electron chi connectivity index (χ4n) is 2.74. The quantitative estimate of drug-likeness (QED) is 0.760. The number of amides is 1. The lowest BCUT2D eigenvalue weighted by atomic mass is 9.93. The monoisotopic (exact) mass is 325 g/mol. The summed E-state index contributed by atoms with van der Waals surface area (Å²) in [6, 6.07) is 1.36. The zero-order valence-corrected chi connectivity index (χ0v) is 13.0. The van der Waals surface area contributed by atoms with Gasteiger partial charge in [-0.1, -0.05) is 0 Å². The predicted molar refractivity (Wildman–Crippen MR) is 84.6 cm³/mol. The number of hydrogen-bond donors (Lipinski definition) is 3. The van der Waals surface area contributed by atoms with Crippen LogP contribution < -0.4 is 16.6 Å². The van der Waals surface area contributed by atoms with E-state index < -0.39 is 11.5 Å². The van der Waals surface area contributed by atoms with Crippen LogP contribution in [0.4, 0.5) is 0 Å². The molecule has 2 aliphatic rings. The smallest absolute Gasteiger partial charge is 0.261 e. The van der Waals surface area contributed by atoms with Crippen molar-refractivity contribution in [1.29, 1.82) is 0 Å². The van der Waals surface area contributed by atoms with Crippen LogP contribution in [0.3, 0.4) is 0 Å². The van der Waals surface area contributed by atoms with Crippen molar-refractivity contribution < 1.29 is 9.59 Å². The van der Waals surface area contributed by atoms with Crippen LogP contribution in [0.25, 0.3) is 0 Å². The number of carbonyl (C=O) groups is 2. The molecule has 1 aromatic heterocycles. The summed E-state index contributed by atoms with van der Waals surface area (Å²) in [7, 11) is 0. The van der Waals surface area contributed by atoms with Gasteiger partial charge < -0.3 is 16.0 Å². The molecule has 0 aromatic carbocycles. The minimum absolute atomic E-state index is 0. The van der Waals surface area contributed by atoms with Crippen molar-refractivity contribution in [3.05, 3.63) is 33.2 Å². The average Bonchev–Trinajstić information content (AvgIpc) is 3.28. The molecule has 1 amide bonds. The van der Waals surface area contributed by atoms with E-state index >= 15 is 0 Å². The van der Waals surface area contributed by atoms with Crippen LogP contribution in [-0.2, 0) is 6.42 Å². The van der Waals surface area contributed by atoms with E-state index in [1.54, 1.807) is 0 Å². The van der Waals surface area contributed by atoms with Gasteiger partial charge >= 0.3 is 0 Å². The fraction of sp³-hybridized carbons (Fsp3) is 0.533. The molecule has 1 unspecified atom stereocenters. The summed E-state index contributed by atoms with van der Waals surface area (Å²) in [4.78, 5) is 38.6. The maximum absolute atomic E-state index is 12.1. The summed E-state index contributed by atoms with van der Waals surface area (Å²) in [5.41, 5.74) is 6.58. The molecule has 7 heteroatoms. The summed E-state index contributed by atoms with van der Waals surface area (Å²) >= 11 is 0. The third kappa shape index (κ3) is 3.39. The summed E-state index contributed by atoms with van der Waals surface area (Å²) in [6.07, 6.45) is 4.08. The second-order valence-corrected chi connectivity index (χ2v) is 5.89. The van der Waals surface area contributed by atoms with Gasteiger partial charge in [0.2, 0.25) is 0 Å². The van der Waals surface area contributed by atoms with Gasteiger partial charge in [-0.25, -0.2) is 0 Å². The standard InChI is InChI=1S/C15H19N3O3.ClH/c16-11(8-4-5-8)7-17-14(20)10-6-9-12(18-15(10)21)2-1-3-13(9)19;/h6,8,11H,1-5,7,16H2,(H,17,20)(H,18,21);1H. The van der Waals surface area contributed by atoms with Crippen LogP contribution in [0.15, 0.2) is 10.9 Å². The first-order valence-electron chi connectivity index (χ1n) is 7.39. The van der Waals surface area contributed by atoms with Crippen molar-refractivity contribution in [2.24, 2.45) is 11.7 Å². The van der Waals surface area contributed by atoms with E-state index in [1.807, 2.05) is 0 Å². The second kappa shape index (κ2) is 6.62. The van der Waals surface area contributed by atoms with E-state index in [1.165, 1.54) is 6.07 Å². The number of ketones is 1. The lowest BCUT2D eigenvalue weighted by Gasteiger charge is -2.15. The van der Waals surface area contributed by atoms with Crippen molar-refractivity contribution in [3.8, 4) is 0 Å². The highest BCUT2D eigenvalue weighted by molar-refractivity contribution is 6.01. The Kier molecular flexibility index (Phi) is 5.03. The third-order valence-electron chi connectivity index (χ3n) is 4.22. The first kappa shape index (κ1) is 16.7. The predicted octanol–water partition coefficient (Wildman–Crippen LogP) is 0.783. The van der Waals surface area contributed by atoms with E-state index in [4.69, 9.17) is 5.73 Å². The zero-order valence-electron chi connectivity index (χ0n) is 12.2. The fourth-order valence-corrected chi connectivity index (χ4v) is 2.74. The van der Waals surface area contributed by atoms with Crippen LogP contribution in [0.1, 0.15) is 52.1 Å². The molecule has 1 saturated carbocycles. The zero-order chi connectivity index (χ0) is 15.0. The number of fused-ring (bicyclic) bond motifs is 1. The highest BCUT2D eigenvalue weighted by atomic mass is 35.5. The minimum atomic E-state index is -0.464. The Labute approximate surface area is 134 Å². The molecule has 0 aliphatic heterocycles. The number of pyridine rings is 1. The van der Waals surface area contributed by atoms with Gasteiger partial charge in [-0.15, -0.1) is 12.4 Å². The molecular formula is C15H20ClN3O3. The van der Waals surface area contributed by atoms with Crippen LogP contribution >= 0.6 is 12.4 Å². The third-order valence-corrected chi connectivity index (χ3v) is 4.22. The number of carbonyl (C=O) groups excluding carboxylic acids is 2. The van der Waals surface area contributed by atoms with Crippen LogP contribution in [0.2, 0.25) is 0 Å². The van der Waals surface area contributed by atoms with E-state index in [0.717, 1.165) is 19.3 Å². The molecule has 0 spiro atoms. The van der Waals surface area contributed by atoms with Gasteiger partial charge in [-0.2, -0.15) is 0 Å².